The Labute approximate surface area is 208 Å². The minimum absolute atomic E-state index is 0.0753. The highest BCUT2D eigenvalue weighted by molar-refractivity contribution is 5.89. The van der Waals surface area contributed by atoms with Crippen LogP contribution in [0.3, 0.4) is 0 Å². The van der Waals surface area contributed by atoms with Gasteiger partial charge in [0.25, 0.3) is 5.56 Å². The fourth-order valence-electron chi connectivity index (χ4n) is 5.05. The first-order valence-electron chi connectivity index (χ1n) is 11.9. The van der Waals surface area contributed by atoms with Gasteiger partial charge < -0.3 is 14.0 Å². The molecule has 0 saturated carbocycles. The number of pyridine rings is 2. The molecule has 9 heteroatoms. The molecule has 0 unspecified atom stereocenters. The third kappa shape index (κ3) is 4.14. The van der Waals surface area contributed by atoms with Gasteiger partial charge in [-0.15, -0.1) is 0 Å². The third-order valence-electron chi connectivity index (χ3n) is 7.03. The number of benzene rings is 1. The highest BCUT2D eigenvalue weighted by Gasteiger charge is 2.32. The van der Waals surface area contributed by atoms with Crippen LogP contribution in [0.5, 0.6) is 0 Å². The summed E-state index contributed by atoms with van der Waals surface area (Å²) in [6.45, 7) is 8.10. The highest BCUT2D eigenvalue weighted by Crippen LogP contribution is 2.32. The summed E-state index contributed by atoms with van der Waals surface area (Å²) >= 11 is 0. The molecule has 1 fully saturated rings. The molecule has 184 valence electrons. The fraction of sp³-hybridized carbons (Fsp3) is 0.333. The predicted molar refractivity (Wildman–Crippen MR) is 135 cm³/mol. The Morgan fingerprint density at radius 3 is 2.61 bits per heavy atom. The van der Waals surface area contributed by atoms with Crippen molar-refractivity contribution in [1.82, 2.24) is 19.6 Å². The lowest BCUT2D eigenvalue weighted by molar-refractivity contribution is 0.154. The van der Waals surface area contributed by atoms with Gasteiger partial charge in [-0.25, -0.2) is 9.37 Å². The Bertz CT molecular complexity index is 1540. The fourth-order valence-corrected chi connectivity index (χ4v) is 5.05. The van der Waals surface area contributed by atoms with Crippen LogP contribution in [0.1, 0.15) is 31.0 Å². The summed E-state index contributed by atoms with van der Waals surface area (Å²) in [5.41, 5.74) is 4.86. The van der Waals surface area contributed by atoms with E-state index in [2.05, 4.69) is 39.9 Å². The molecule has 4 heterocycles. The average molecular weight is 487 g/mol. The van der Waals surface area contributed by atoms with Gasteiger partial charge in [-0.2, -0.15) is 5.26 Å². The summed E-state index contributed by atoms with van der Waals surface area (Å²) in [7, 11) is 1.71. The number of aryl methyl sites for hydroxylation is 2. The van der Waals surface area contributed by atoms with E-state index in [0.29, 0.717) is 35.6 Å². The minimum atomic E-state index is -0.285. The number of nitriles is 1. The molecule has 0 radical (unpaired) electrons. The van der Waals surface area contributed by atoms with E-state index < -0.39 is 0 Å². The smallest absolute Gasteiger partial charge is 0.252 e. The van der Waals surface area contributed by atoms with E-state index in [0.717, 1.165) is 29.1 Å². The van der Waals surface area contributed by atoms with Crippen LogP contribution >= 0.6 is 0 Å². The van der Waals surface area contributed by atoms with Gasteiger partial charge >= 0.3 is 0 Å². The number of fused-ring (bicyclic) bond motifs is 1. The van der Waals surface area contributed by atoms with Crippen molar-refractivity contribution in [2.75, 3.05) is 18.0 Å². The van der Waals surface area contributed by atoms with Gasteiger partial charge in [0.1, 0.15) is 34.6 Å². The van der Waals surface area contributed by atoms with E-state index in [1.165, 1.54) is 12.1 Å². The average Bonchev–Trinajstić information content (AvgIpc) is 3.23. The molecule has 4 aromatic rings. The highest BCUT2D eigenvalue weighted by atomic mass is 19.1. The van der Waals surface area contributed by atoms with Crippen LogP contribution in [0.15, 0.2) is 51.8 Å². The Morgan fingerprint density at radius 1 is 1.14 bits per heavy atom. The lowest BCUT2D eigenvalue weighted by Gasteiger charge is -2.45. The molecule has 0 aliphatic carbocycles. The molecular weight excluding hydrogens is 459 g/mol. The molecule has 0 N–H and O–H groups in total. The second kappa shape index (κ2) is 9.21. The molecule has 0 bridgehead atoms. The summed E-state index contributed by atoms with van der Waals surface area (Å²) < 4.78 is 20.5. The van der Waals surface area contributed by atoms with Gasteiger partial charge in [0.15, 0.2) is 0 Å². The van der Waals surface area contributed by atoms with Gasteiger partial charge in [0.05, 0.1) is 11.2 Å². The molecule has 1 aliphatic heterocycles. The number of anilines is 1. The van der Waals surface area contributed by atoms with Gasteiger partial charge in [-0.05, 0) is 50.6 Å². The van der Waals surface area contributed by atoms with Gasteiger partial charge in [0.2, 0.25) is 0 Å². The van der Waals surface area contributed by atoms with Crippen LogP contribution < -0.4 is 10.5 Å². The van der Waals surface area contributed by atoms with Crippen LogP contribution in [0, 0.1) is 24.1 Å². The standard InChI is InChI=1S/C27H27FN6O2/c1-16-14-34(24-11-25(35)32(4)23-10-9-21(12-29)30-27(23)24)17(2)13-33(16)15-22-26(18(3)36-31-22)19-5-7-20(28)8-6-19/h5-11,16-17H,13-15H2,1-4H3/t16-,17+/m1/s1. The number of hydrogen-bond acceptors (Lipinski definition) is 7. The molecule has 36 heavy (non-hydrogen) atoms. The topological polar surface area (TPSA) is 91.2 Å². The molecule has 1 saturated heterocycles. The maximum Gasteiger partial charge on any atom is 0.252 e. The molecule has 5 rings (SSSR count). The Kier molecular flexibility index (Phi) is 6.06. The summed E-state index contributed by atoms with van der Waals surface area (Å²) in [5, 5.41) is 13.7. The molecule has 1 aromatic carbocycles. The third-order valence-corrected chi connectivity index (χ3v) is 7.03. The number of aromatic nitrogens is 3. The van der Waals surface area contributed by atoms with Gasteiger partial charge in [-0.3, -0.25) is 9.69 Å². The number of hydrogen-bond donors (Lipinski definition) is 0. The summed E-state index contributed by atoms with van der Waals surface area (Å²) in [6, 6.07) is 13.7. The summed E-state index contributed by atoms with van der Waals surface area (Å²) in [4.78, 5) is 21.8. The van der Waals surface area contributed by atoms with Crippen LogP contribution in [-0.2, 0) is 13.6 Å². The lowest BCUT2D eigenvalue weighted by Crippen LogP contribution is -2.56. The van der Waals surface area contributed by atoms with Gasteiger partial charge in [0, 0.05) is 50.4 Å². The minimum Gasteiger partial charge on any atom is -0.364 e. The predicted octanol–water partition coefficient (Wildman–Crippen LogP) is 4.01. The van der Waals surface area contributed by atoms with E-state index in [1.807, 2.05) is 6.92 Å². The maximum atomic E-state index is 13.5. The van der Waals surface area contributed by atoms with Crippen LogP contribution in [0.4, 0.5) is 10.1 Å². The van der Waals surface area contributed by atoms with E-state index in [-0.39, 0.29) is 23.5 Å². The van der Waals surface area contributed by atoms with Crippen molar-refractivity contribution in [3.8, 4) is 17.2 Å². The zero-order chi connectivity index (χ0) is 25.6. The van der Waals surface area contributed by atoms with Crippen molar-refractivity contribution in [2.24, 2.45) is 7.05 Å². The van der Waals surface area contributed by atoms with Crippen molar-refractivity contribution in [3.05, 3.63) is 75.8 Å². The van der Waals surface area contributed by atoms with E-state index in [4.69, 9.17) is 4.52 Å². The molecule has 8 nitrogen and oxygen atoms in total. The van der Waals surface area contributed by atoms with Crippen LogP contribution in [0.2, 0.25) is 0 Å². The van der Waals surface area contributed by atoms with Crippen molar-refractivity contribution < 1.29 is 8.91 Å². The first-order chi connectivity index (χ1) is 17.3. The van der Waals surface area contributed by atoms with Gasteiger partial charge in [-0.1, -0.05) is 17.3 Å². The second-order valence-corrected chi connectivity index (χ2v) is 9.45. The Morgan fingerprint density at radius 2 is 1.89 bits per heavy atom. The van der Waals surface area contributed by atoms with Crippen LogP contribution in [0.25, 0.3) is 22.2 Å². The largest absolute Gasteiger partial charge is 0.364 e. The SMILES string of the molecule is Cc1onc(CN2C[C@H](C)N(c3cc(=O)n(C)c4ccc(C#N)nc34)C[C@H]2C)c1-c1ccc(F)cc1. The molecule has 0 amide bonds. The second-order valence-electron chi connectivity index (χ2n) is 9.45. The van der Waals surface area contributed by atoms with E-state index in [9.17, 15) is 14.4 Å². The molecule has 3 aromatic heterocycles. The Hall–Kier alpha value is -4.03. The first kappa shape index (κ1) is 23.7. The van der Waals surface area contributed by atoms with E-state index >= 15 is 0 Å². The molecule has 1 aliphatic rings. The first-order valence-corrected chi connectivity index (χ1v) is 11.9. The summed E-state index contributed by atoms with van der Waals surface area (Å²) in [5.74, 6) is 0.412. The van der Waals surface area contributed by atoms with Crippen molar-refractivity contribution >= 4 is 16.7 Å². The number of piperazine rings is 1. The van der Waals surface area contributed by atoms with E-state index in [1.54, 1.807) is 41.9 Å². The van der Waals surface area contributed by atoms with Crippen molar-refractivity contribution in [2.45, 2.75) is 39.4 Å². The molecule has 2 atom stereocenters. The zero-order valence-electron chi connectivity index (χ0n) is 20.7. The monoisotopic (exact) mass is 486 g/mol. The molecule has 0 spiro atoms. The van der Waals surface area contributed by atoms with Crippen molar-refractivity contribution in [3.63, 3.8) is 0 Å². The molecular formula is C27H27FN6O2. The summed E-state index contributed by atoms with van der Waals surface area (Å²) in [6.07, 6.45) is 0. The normalized spacial score (nSPS) is 18.5. The lowest BCUT2D eigenvalue weighted by atomic mass is 10.0. The maximum absolute atomic E-state index is 13.5. The van der Waals surface area contributed by atoms with Crippen molar-refractivity contribution in [1.29, 1.82) is 5.26 Å². The quantitative estimate of drug-likeness (QED) is 0.430. The number of nitrogens with zero attached hydrogens (tertiary/aromatic N) is 6. The van der Waals surface area contributed by atoms with Crippen LogP contribution in [-0.4, -0.2) is 44.8 Å². The number of rotatable bonds is 4. The zero-order valence-corrected chi connectivity index (χ0v) is 20.7. The Balaban J connectivity index is 1.44. The number of halogens is 1.